The van der Waals surface area contributed by atoms with E-state index in [1.165, 1.54) is 12.3 Å². The number of ether oxygens (including phenoxy) is 2. The van der Waals surface area contributed by atoms with Gasteiger partial charge >= 0.3 is 0 Å². The Bertz CT molecular complexity index is 481. The maximum Gasteiger partial charge on any atom is 0.223 e. The van der Waals surface area contributed by atoms with Crippen LogP contribution in [0.25, 0.3) is 0 Å². The summed E-state index contributed by atoms with van der Waals surface area (Å²) in [6, 6.07) is 1.44. The summed E-state index contributed by atoms with van der Waals surface area (Å²) in [5, 5.41) is 18.6. The number of aryl methyl sites for hydroxylation is 1. The van der Waals surface area contributed by atoms with E-state index in [4.69, 9.17) is 14.6 Å². The summed E-state index contributed by atoms with van der Waals surface area (Å²) in [5.41, 5.74) is 0.400. The maximum atomic E-state index is 11.7. The summed E-state index contributed by atoms with van der Waals surface area (Å²) in [5.74, 6) is -0.276. The van der Waals surface area contributed by atoms with Crippen molar-refractivity contribution in [2.75, 3.05) is 47.1 Å². The second-order valence-corrected chi connectivity index (χ2v) is 5.05. The summed E-state index contributed by atoms with van der Waals surface area (Å²) < 4.78 is 12.0. The first-order valence-corrected chi connectivity index (χ1v) is 7.35. The van der Waals surface area contributed by atoms with Gasteiger partial charge in [0.25, 0.3) is 0 Å². The molecule has 2 N–H and O–H groups in total. The van der Waals surface area contributed by atoms with Crippen molar-refractivity contribution in [3.8, 4) is 5.75 Å². The van der Waals surface area contributed by atoms with Gasteiger partial charge in [-0.15, -0.1) is 0 Å². The summed E-state index contributed by atoms with van der Waals surface area (Å²) in [6.45, 7) is 3.76. The fourth-order valence-corrected chi connectivity index (χ4v) is 2.13. The van der Waals surface area contributed by atoms with Crippen LogP contribution in [0.5, 0.6) is 5.75 Å². The fraction of sp³-hybridized carbons (Fsp3) is 0.667. The Kier molecular flexibility index (Phi) is 8.76. The smallest absolute Gasteiger partial charge is 0.223 e. The van der Waals surface area contributed by atoms with Crippen molar-refractivity contribution in [2.24, 2.45) is 0 Å². The Morgan fingerprint density at radius 3 is 2.41 bits per heavy atom. The molecule has 1 heterocycles. The van der Waals surface area contributed by atoms with Gasteiger partial charge in [-0.2, -0.15) is 0 Å². The van der Waals surface area contributed by atoms with E-state index in [0.29, 0.717) is 32.7 Å². The predicted molar refractivity (Wildman–Crippen MR) is 83.1 cm³/mol. The molecule has 0 bridgehead atoms. The minimum absolute atomic E-state index is 0.0589. The van der Waals surface area contributed by atoms with E-state index < -0.39 is 5.43 Å². The molecule has 1 aromatic heterocycles. The molecule has 0 saturated heterocycles. The zero-order valence-electron chi connectivity index (χ0n) is 13.3. The topological polar surface area (TPSA) is 84.2 Å². The van der Waals surface area contributed by atoms with Crippen molar-refractivity contribution in [2.45, 2.75) is 19.5 Å². The maximum absolute atomic E-state index is 11.7. The molecule has 0 fully saturated rings. The van der Waals surface area contributed by atoms with Crippen molar-refractivity contribution in [1.82, 2.24) is 9.47 Å². The van der Waals surface area contributed by atoms with Gasteiger partial charge in [-0.05, 0) is 6.42 Å². The average Bonchev–Trinajstić information content (AvgIpc) is 2.51. The first kappa shape index (κ1) is 18.6. The zero-order valence-corrected chi connectivity index (χ0v) is 13.3. The van der Waals surface area contributed by atoms with Gasteiger partial charge in [-0.1, -0.05) is 0 Å². The van der Waals surface area contributed by atoms with Gasteiger partial charge in [0.05, 0.1) is 19.4 Å². The van der Waals surface area contributed by atoms with Crippen LogP contribution in [-0.4, -0.2) is 66.8 Å². The lowest BCUT2D eigenvalue weighted by molar-refractivity contribution is 0.108. The van der Waals surface area contributed by atoms with Crippen LogP contribution in [0.4, 0.5) is 0 Å². The molecule has 1 rings (SSSR count). The van der Waals surface area contributed by atoms with Crippen LogP contribution in [0.15, 0.2) is 17.1 Å². The number of aromatic nitrogens is 1. The van der Waals surface area contributed by atoms with Crippen LogP contribution in [-0.2, 0) is 22.6 Å². The lowest BCUT2D eigenvalue weighted by Crippen LogP contribution is -2.32. The number of rotatable bonds is 11. The zero-order chi connectivity index (χ0) is 16.4. The highest BCUT2D eigenvalue weighted by Gasteiger charge is 2.11. The number of hydrogen-bond acceptors (Lipinski definition) is 6. The van der Waals surface area contributed by atoms with Crippen LogP contribution in [0.2, 0.25) is 0 Å². The van der Waals surface area contributed by atoms with E-state index in [0.717, 1.165) is 18.8 Å². The number of nitrogens with zero attached hydrogens (tertiary/aromatic N) is 2. The van der Waals surface area contributed by atoms with E-state index in [-0.39, 0.29) is 12.4 Å². The molecule has 0 atom stereocenters. The van der Waals surface area contributed by atoms with Crippen LogP contribution in [0, 0.1) is 0 Å². The number of aliphatic hydroxyl groups excluding tert-OH is 1. The molecule has 0 spiro atoms. The van der Waals surface area contributed by atoms with Crippen molar-refractivity contribution in [1.29, 1.82) is 0 Å². The molecule has 7 nitrogen and oxygen atoms in total. The Balaban J connectivity index is 2.89. The number of aliphatic hydroxyl groups is 1. The highest BCUT2D eigenvalue weighted by molar-refractivity contribution is 5.20. The van der Waals surface area contributed by atoms with E-state index in [9.17, 15) is 9.90 Å². The molecule has 0 radical (unpaired) electrons. The number of aromatic hydroxyl groups is 1. The van der Waals surface area contributed by atoms with E-state index in [1.54, 1.807) is 18.8 Å². The Morgan fingerprint density at radius 2 is 1.86 bits per heavy atom. The van der Waals surface area contributed by atoms with Crippen molar-refractivity contribution in [3.05, 3.63) is 28.2 Å². The number of hydrogen-bond donors (Lipinski definition) is 2. The highest BCUT2D eigenvalue weighted by atomic mass is 16.5. The summed E-state index contributed by atoms with van der Waals surface area (Å²) in [7, 11) is 3.29. The monoisotopic (exact) mass is 314 g/mol. The molecule has 0 aromatic carbocycles. The Labute approximate surface area is 130 Å². The fourth-order valence-electron chi connectivity index (χ4n) is 2.13. The third-order valence-electron chi connectivity index (χ3n) is 3.36. The lowest BCUT2D eigenvalue weighted by Gasteiger charge is -2.24. The molecule has 1 aromatic rings. The van der Waals surface area contributed by atoms with Gasteiger partial charge in [-0.25, -0.2) is 0 Å². The summed E-state index contributed by atoms with van der Waals surface area (Å²) in [6.07, 6.45) is 1.99. The summed E-state index contributed by atoms with van der Waals surface area (Å²) in [4.78, 5) is 13.8. The Morgan fingerprint density at radius 1 is 1.23 bits per heavy atom. The van der Waals surface area contributed by atoms with Gasteiger partial charge in [0.15, 0.2) is 5.75 Å². The first-order valence-electron chi connectivity index (χ1n) is 7.35. The molecule has 126 valence electrons. The molecule has 0 aliphatic heterocycles. The Hall–Kier alpha value is -1.41. The minimum atomic E-state index is -0.395. The van der Waals surface area contributed by atoms with Crippen LogP contribution in [0.1, 0.15) is 12.1 Å². The quantitative estimate of drug-likeness (QED) is 0.599. The second-order valence-electron chi connectivity index (χ2n) is 5.05. The minimum Gasteiger partial charge on any atom is -0.503 e. The van der Waals surface area contributed by atoms with Crippen molar-refractivity contribution >= 4 is 0 Å². The molecule has 0 unspecified atom stereocenters. The third-order valence-corrected chi connectivity index (χ3v) is 3.36. The molecule has 7 heteroatoms. The van der Waals surface area contributed by atoms with Crippen molar-refractivity contribution < 1.29 is 19.7 Å². The number of methoxy groups -OCH3 is 2. The summed E-state index contributed by atoms with van der Waals surface area (Å²) >= 11 is 0. The largest absolute Gasteiger partial charge is 0.503 e. The predicted octanol–water partition coefficient (Wildman–Crippen LogP) is 0.0311. The first-order chi connectivity index (χ1) is 10.6. The molecule has 0 amide bonds. The van der Waals surface area contributed by atoms with E-state index in [1.807, 2.05) is 0 Å². The van der Waals surface area contributed by atoms with E-state index >= 15 is 0 Å². The lowest BCUT2D eigenvalue weighted by atomic mass is 10.2. The molecule has 22 heavy (non-hydrogen) atoms. The molecule has 0 aliphatic rings. The SMILES string of the molecule is COCCN(CCOC)Cc1cc(=O)c(O)cn1CCCO. The molecule has 0 saturated carbocycles. The van der Waals surface area contributed by atoms with Gasteiger partial charge in [0.2, 0.25) is 5.43 Å². The molecular weight excluding hydrogens is 288 g/mol. The normalized spacial score (nSPS) is 11.3. The van der Waals surface area contributed by atoms with Gasteiger partial charge < -0.3 is 24.3 Å². The molecular formula is C15H26N2O5. The van der Waals surface area contributed by atoms with Crippen LogP contribution >= 0.6 is 0 Å². The van der Waals surface area contributed by atoms with Gasteiger partial charge in [-0.3, -0.25) is 9.69 Å². The van der Waals surface area contributed by atoms with Crippen LogP contribution < -0.4 is 5.43 Å². The van der Waals surface area contributed by atoms with Gasteiger partial charge in [0.1, 0.15) is 0 Å². The van der Waals surface area contributed by atoms with Gasteiger partial charge in [0, 0.05) is 58.8 Å². The average molecular weight is 314 g/mol. The van der Waals surface area contributed by atoms with E-state index in [2.05, 4.69) is 4.90 Å². The highest BCUT2D eigenvalue weighted by Crippen LogP contribution is 2.09. The molecule has 0 aliphatic carbocycles. The van der Waals surface area contributed by atoms with Crippen molar-refractivity contribution in [3.63, 3.8) is 0 Å². The number of pyridine rings is 1. The second kappa shape index (κ2) is 10.3. The van der Waals surface area contributed by atoms with Crippen LogP contribution in [0.3, 0.4) is 0 Å². The third kappa shape index (κ3) is 6.15. The standard InChI is InChI=1S/C15H26N2O5/c1-21-8-5-16(6-9-22-2)11-13-10-14(19)15(20)12-17(13)4-3-7-18/h10,12,18,20H,3-9,11H2,1-2H3.